The first-order valence-corrected chi connectivity index (χ1v) is 12.1. The van der Waals surface area contributed by atoms with Crippen molar-refractivity contribution in [2.24, 2.45) is 0 Å². The number of urea groups is 1. The van der Waals surface area contributed by atoms with E-state index < -0.39 is 27.9 Å². The Bertz CT molecular complexity index is 1280. The molecule has 0 aromatic heterocycles. The molecule has 0 spiro atoms. The number of hydrogen-bond acceptors (Lipinski definition) is 4. The van der Waals surface area contributed by atoms with E-state index >= 15 is 0 Å². The minimum absolute atomic E-state index is 0.0786. The standard InChI is InChI=1S/C23H20Cl2N2O5S/c1-14(19-3-2-4-20(24)21(19)25)26-23(30)27-17-9-11-18(12-10-17)33(31,32)13-15-5-7-16(8-6-15)22(28)29/h2-12,14H,13H2,1H3,(H,28,29)(H2,26,27,30)/t14-/m0/s1. The lowest BCUT2D eigenvalue weighted by molar-refractivity contribution is 0.0697. The highest BCUT2D eigenvalue weighted by atomic mass is 35.5. The first kappa shape index (κ1) is 24.6. The van der Waals surface area contributed by atoms with Crippen LogP contribution in [0.15, 0.2) is 71.6 Å². The average Bonchev–Trinajstić information content (AvgIpc) is 2.76. The van der Waals surface area contributed by atoms with Gasteiger partial charge in [0.25, 0.3) is 0 Å². The zero-order valence-electron chi connectivity index (χ0n) is 17.4. The molecule has 3 aromatic rings. The number of anilines is 1. The first-order chi connectivity index (χ1) is 15.6. The molecule has 0 radical (unpaired) electrons. The van der Waals surface area contributed by atoms with Crippen molar-refractivity contribution in [3.05, 3.63) is 93.5 Å². The summed E-state index contributed by atoms with van der Waals surface area (Å²) in [6.45, 7) is 1.76. The van der Waals surface area contributed by atoms with Crippen LogP contribution in [0.3, 0.4) is 0 Å². The Balaban J connectivity index is 1.63. The number of carbonyl (C=O) groups is 2. The zero-order valence-corrected chi connectivity index (χ0v) is 19.7. The third-order valence-electron chi connectivity index (χ3n) is 4.82. The second-order valence-electron chi connectivity index (χ2n) is 7.25. The van der Waals surface area contributed by atoms with Crippen LogP contribution in [0.25, 0.3) is 0 Å². The number of aromatic carboxylic acids is 1. The van der Waals surface area contributed by atoms with Gasteiger partial charge in [0.05, 0.1) is 32.3 Å². The number of sulfone groups is 1. The summed E-state index contributed by atoms with van der Waals surface area (Å²) < 4.78 is 25.4. The monoisotopic (exact) mass is 506 g/mol. The van der Waals surface area contributed by atoms with Gasteiger partial charge in [0.1, 0.15) is 0 Å². The lowest BCUT2D eigenvalue weighted by Gasteiger charge is -2.17. The van der Waals surface area contributed by atoms with Crippen LogP contribution < -0.4 is 10.6 Å². The van der Waals surface area contributed by atoms with Crippen LogP contribution in [0, 0.1) is 0 Å². The molecule has 0 heterocycles. The molecule has 3 rings (SSSR count). The van der Waals surface area contributed by atoms with Gasteiger partial charge in [-0.2, -0.15) is 0 Å². The van der Waals surface area contributed by atoms with Crippen molar-refractivity contribution in [1.29, 1.82) is 0 Å². The molecule has 0 bridgehead atoms. The van der Waals surface area contributed by atoms with Crippen molar-refractivity contribution in [3.8, 4) is 0 Å². The molecule has 0 unspecified atom stereocenters. The molecule has 3 N–H and O–H groups in total. The van der Waals surface area contributed by atoms with E-state index in [1.165, 1.54) is 48.5 Å². The van der Waals surface area contributed by atoms with Gasteiger partial charge in [-0.3, -0.25) is 0 Å². The Morgan fingerprint density at radius 3 is 2.21 bits per heavy atom. The van der Waals surface area contributed by atoms with Gasteiger partial charge in [0.15, 0.2) is 9.84 Å². The molecular weight excluding hydrogens is 487 g/mol. The number of carboxylic acid groups (broad SMARTS) is 1. The summed E-state index contributed by atoms with van der Waals surface area (Å²) in [5.41, 5.74) is 1.62. The molecule has 10 heteroatoms. The number of halogens is 2. The summed E-state index contributed by atoms with van der Waals surface area (Å²) in [4.78, 5) is 23.3. The third-order valence-corrected chi connectivity index (χ3v) is 7.36. The number of benzene rings is 3. The first-order valence-electron chi connectivity index (χ1n) is 9.73. The van der Waals surface area contributed by atoms with Gasteiger partial charge in [-0.1, -0.05) is 47.5 Å². The lowest BCUT2D eigenvalue weighted by atomic mass is 10.1. The zero-order chi connectivity index (χ0) is 24.2. The Kier molecular flexibility index (Phi) is 7.63. The molecule has 0 aliphatic carbocycles. The summed E-state index contributed by atoms with van der Waals surface area (Å²) in [5, 5.41) is 15.1. The van der Waals surface area contributed by atoms with Crippen molar-refractivity contribution in [3.63, 3.8) is 0 Å². The second kappa shape index (κ2) is 10.2. The van der Waals surface area contributed by atoms with E-state index in [2.05, 4.69) is 10.6 Å². The highest BCUT2D eigenvalue weighted by molar-refractivity contribution is 7.90. The topological polar surface area (TPSA) is 113 Å². The number of nitrogens with one attached hydrogen (secondary N) is 2. The number of carbonyl (C=O) groups excluding carboxylic acids is 1. The fraction of sp³-hybridized carbons (Fsp3) is 0.130. The lowest BCUT2D eigenvalue weighted by Crippen LogP contribution is -2.31. The molecule has 172 valence electrons. The van der Waals surface area contributed by atoms with Crippen LogP contribution in [-0.2, 0) is 15.6 Å². The van der Waals surface area contributed by atoms with Gasteiger partial charge in [-0.05, 0) is 60.5 Å². The van der Waals surface area contributed by atoms with E-state index in [0.717, 1.165) is 0 Å². The molecule has 33 heavy (non-hydrogen) atoms. The van der Waals surface area contributed by atoms with Crippen molar-refractivity contribution >= 4 is 50.7 Å². The molecule has 0 saturated heterocycles. The smallest absolute Gasteiger partial charge is 0.335 e. The van der Waals surface area contributed by atoms with E-state index in [0.29, 0.717) is 26.9 Å². The van der Waals surface area contributed by atoms with Crippen LogP contribution in [0.2, 0.25) is 10.0 Å². The predicted molar refractivity (Wildman–Crippen MR) is 128 cm³/mol. The van der Waals surface area contributed by atoms with Gasteiger partial charge in [0.2, 0.25) is 0 Å². The molecule has 1 atom stereocenters. The van der Waals surface area contributed by atoms with E-state index in [4.69, 9.17) is 28.3 Å². The normalized spacial score (nSPS) is 12.1. The fourth-order valence-electron chi connectivity index (χ4n) is 3.09. The molecular formula is C23H20Cl2N2O5S. The van der Waals surface area contributed by atoms with Crippen LogP contribution in [0.5, 0.6) is 0 Å². The van der Waals surface area contributed by atoms with Gasteiger partial charge in [-0.15, -0.1) is 0 Å². The summed E-state index contributed by atoms with van der Waals surface area (Å²) in [6.07, 6.45) is 0. The maximum absolute atomic E-state index is 12.7. The number of carboxylic acids is 1. The Hall–Kier alpha value is -3.07. The average molecular weight is 507 g/mol. The van der Waals surface area contributed by atoms with Gasteiger partial charge < -0.3 is 15.7 Å². The summed E-state index contributed by atoms with van der Waals surface area (Å²) >= 11 is 12.2. The molecule has 0 aliphatic heterocycles. The summed E-state index contributed by atoms with van der Waals surface area (Å²) in [6, 6.07) is 15.6. The predicted octanol–water partition coefficient (Wildman–Crippen LogP) is 5.55. The Morgan fingerprint density at radius 2 is 1.61 bits per heavy atom. The van der Waals surface area contributed by atoms with E-state index in [1.807, 2.05) is 0 Å². The largest absolute Gasteiger partial charge is 0.478 e. The minimum atomic E-state index is -3.66. The summed E-state index contributed by atoms with van der Waals surface area (Å²) in [5.74, 6) is -1.36. The quantitative estimate of drug-likeness (QED) is 0.388. The molecule has 2 amide bonds. The minimum Gasteiger partial charge on any atom is -0.478 e. The molecule has 7 nitrogen and oxygen atoms in total. The Morgan fingerprint density at radius 1 is 0.970 bits per heavy atom. The maximum Gasteiger partial charge on any atom is 0.335 e. The highest BCUT2D eigenvalue weighted by Gasteiger charge is 2.17. The molecule has 0 fully saturated rings. The van der Waals surface area contributed by atoms with Crippen LogP contribution in [0.4, 0.5) is 10.5 Å². The fourth-order valence-corrected chi connectivity index (χ4v) is 4.91. The van der Waals surface area contributed by atoms with Gasteiger partial charge in [-0.25, -0.2) is 18.0 Å². The van der Waals surface area contributed by atoms with Crippen LogP contribution in [-0.4, -0.2) is 25.5 Å². The molecule has 3 aromatic carbocycles. The Labute approximate surface area is 201 Å². The van der Waals surface area contributed by atoms with E-state index in [-0.39, 0.29) is 16.2 Å². The summed E-state index contributed by atoms with van der Waals surface area (Å²) in [7, 11) is -3.66. The third kappa shape index (κ3) is 6.25. The van der Waals surface area contributed by atoms with Crippen molar-refractivity contribution in [2.45, 2.75) is 23.6 Å². The van der Waals surface area contributed by atoms with Gasteiger partial charge in [0, 0.05) is 5.69 Å². The van der Waals surface area contributed by atoms with Crippen molar-refractivity contribution in [1.82, 2.24) is 5.32 Å². The van der Waals surface area contributed by atoms with E-state index in [9.17, 15) is 18.0 Å². The van der Waals surface area contributed by atoms with E-state index in [1.54, 1.807) is 25.1 Å². The van der Waals surface area contributed by atoms with Crippen molar-refractivity contribution < 1.29 is 23.1 Å². The van der Waals surface area contributed by atoms with Crippen LogP contribution in [0.1, 0.15) is 34.5 Å². The second-order valence-corrected chi connectivity index (χ2v) is 10.0. The highest BCUT2D eigenvalue weighted by Crippen LogP contribution is 2.29. The number of amides is 2. The number of rotatable bonds is 7. The molecule has 0 aliphatic rings. The van der Waals surface area contributed by atoms with Crippen LogP contribution >= 0.6 is 23.2 Å². The number of hydrogen-bond donors (Lipinski definition) is 3. The SMILES string of the molecule is C[C@H](NC(=O)Nc1ccc(S(=O)(=O)Cc2ccc(C(=O)O)cc2)cc1)c1cccc(Cl)c1Cl. The van der Waals surface area contributed by atoms with Gasteiger partial charge >= 0.3 is 12.0 Å². The molecule has 0 saturated carbocycles. The van der Waals surface area contributed by atoms with Crippen molar-refractivity contribution in [2.75, 3.05) is 5.32 Å². The maximum atomic E-state index is 12.7.